The predicted octanol–water partition coefficient (Wildman–Crippen LogP) is 18.5. The summed E-state index contributed by atoms with van der Waals surface area (Å²) in [6, 6.07) is 21.0. The van der Waals surface area contributed by atoms with Gasteiger partial charge in [0.25, 0.3) is 6.71 Å². The molecule has 0 fully saturated rings. The molecule has 3 heterocycles. The zero-order chi connectivity index (χ0) is 62.8. The third-order valence-electron chi connectivity index (χ3n) is 19.3. The van der Waals surface area contributed by atoms with Crippen molar-refractivity contribution in [2.45, 2.75) is 181 Å². The van der Waals surface area contributed by atoms with Crippen LogP contribution in [0.25, 0.3) is 11.0 Å². The zero-order valence-corrected chi connectivity index (χ0v) is 48.1. The minimum Gasteiger partial charge on any atom is -0.468 e. The lowest BCUT2D eigenvalue weighted by Crippen LogP contribution is -2.61. The van der Waals surface area contributed by atoms with Crippen molar-refractivity contribution in [3.8, 4) is 0 Å². The SMILES string of the molecule is [2H]c1c([2H])c([2H])c(N(c2cc3c4c(c2)N(c2ccc5c(c2)C(C)(C)CCC5(C)C)c2c(oc5cc6c(cc25)C(C)CCC6(C)C)B4c2ccc(C(C)(C)C)cc2N3c2cc3c(cc2C)C(C)(C)CCC3(C)C)c2c([2H])c([2H])c([2H])c([2H])c2[2H])c([2H])c1[2H]. The normalized spacial score (nSPS) is 21.7. The van der Waals surface area contributed by atoms with E-state index in [0.29, 0.717) is 11.4 Å². The van der Waals surface area contributed by atoms with Crippen LogP contribution in [-0.4, -0.2) is 6.71 Å². The van der Waals surface area contributed by atoms with Gasteiger partial charge in [0.1, 0.15) is 5.58 Å². The molecule has 5 heteroatoms. The van der Waals surface area contributed by atoms with E-state index in [1.165, 1.54) is 38.3 Å². The number of furan rings is 1. The zero-order valence-electron chi connectivity index (χ0n) is 58.1. The van der Waals surface area contributed by atoms with Crippen LogP contribution in [0.1, 0.15) is 200 Å². The van der Waals surface area contributed by atoms with E-state index in [0.717, 1.165) is 100.0 Å². The number of hydrogen-bond donors (Lipinski definition) is 0. The fourth-order valence-electron chi connectivity index (χ4n) is 14.3. The lowest BCUT2D eigenvalue weighted by molar-refractivity contribution is 0.332. The van der Waals surface area contributed by atoms with Gasteiger partial charge in [-0.2, -0.15) is 0 Å². The maximum absolute atomic E-state index is 9.74. The van der Waals surface area contributed by atoms with Gasteiger partial charge >= 0.3 is 0 Å². The van der Waals surface area contributed by atoms with Crippen LogP contribution in [0.2, 0.25) is 0 Å². The summed E-state index contributed by atoms with van der Waals surface area (Å²) in [4.78, 5) is 6.02. The maximum atomic E-state index is 9.74. The van der Waals surface area contributed by atoms with Crippen molar-refractivity contribution in [1.29, 1.82) is 0 Å². The molecule has 0 saturated carbocycles. The Morgan fingerprint density at radius 1 is 0.558 bits per heavy atom. The van der Waals surface area contributed by atoms with Gasteiger partial charge in [0, 0.05) is 45.2 Å². The fraction of sp³-hybridized carbons (Fsp3) is 0.389. The Labute approximate surface area is 475 Å². The molecule has 1 unspecified atom stereocenters. The van der Waals surface area contributed by atoms with Gasteiger partial charge in [-0.25, -0.2) is 0 Å². The van der Waals surface area contributed by atoms with Crippen LogP contribution in [0.4, 0.5) is 51.2 Å². The highest BCUT2D eigenvalue weighted by Gasteiger charge is 2.50. The number of fused-ring (bicyclic) bond motifs is 9. The molecule has 77 heavy (non-hydrogen) atoms. The molecule has 1 atom stereocenters. The van der Waals surface area contributed by atoms with Crippen molar-refractivity contribution < 1.29 is 18.1 Å². The Kier molecular flexibility index (Phi) is 8.68. The van der Waals surface area contributed by atoms with Crippen LogP contribution in [-0.2, 0) is 32.5 Å². The van der Waals surface area contributed by atoms with Gasteiger partial charge in [0.15, 0.2) is 0 Å². The van der Waals surface area contributed by atoms with Crippen molar-refractivity contribution in [3.63, 3.8) is 0 Å². The third-order valence-corrected chi connectivity index (χ3v) is 19.3. The van der Waals surface area contributed by atoms with E-state index in [2.05, 4.69) is 174 Å². The molecule has 3 aliphatic carbocycles. The first-order valence-corrected chi connectivity index (χ1v) is 28.3. The summed E-state index contributed by atoms with van der Waals surface area (Å²) < 4.78 is 101. The second kappa shape index (κ2) is 16.8. The number of aryl methyl sites for hydroxylation is 1. The summed E-state index contributed by atoms with van der Waals surface area (Å²) in [7, 11) is 0. The van der Waals surface area contributed by atoms with E-state index in [1.54, 1.807) is 0 Å². The van der Waals surface area contributed by atoms with Gasteiger partial charge in [0.05, 0.1) is 30.7 Å². The monoisotopic (exact) mass is 1020 g/mol. The van der Waals surface area contributed by atoms with Crippen LogP contribution in [0.15, 0.2) is 138 Å². The van der Waals surface area contributed by atoms with Gasteiger partial charge in [-0.1, -0.05) is 157 Å². The maximum Gasteiger partial charge on any atom is 0.297 e. The van der Waals surface area contributed by atoms with E-state index < -0.39 is 67.1 Å². The van der Waals surface area contributed by atoms with Gasteiger partial charge in [-0.05, 0) is 212 Å². The average Bonchev–Trinajstić information content (AvgIpc) is 1.68. The quantitative estimate of drug-likeness (QED) is 0.160. The molecule has 0 bridgehead atoms. The fourth-order valence-corrected chi connectivity index (χ4v) is 14.3. The smallest absolute Gasteiger partial charge is 0.297 e. The second-order valence-corrected chi connectivity index (χ2v) is 27.8. The Morgan fingerprint density at radius 3 is 1.73 bits per heavy atom. The molecule has 392 valence electrons. The van der Waals surface area contributed by atoms with Crippen molar-refractivity contribution in [2.75, 3.05) is 14.7 Å². The molecule has 0 saturated heterocycles. The number of nitrogens with zero attached hydrogens (tertiary/aromatic N) is 3. The molecule has 13 rings (SSSR count). The summed E-state index contributed by atoms with van der Waals surface area (Å²) >= 11 is 0. The van der Waals surface area contributed by atoms with Crippen LogP contribution >= 0.6 is 0 Å². The van der Waals surface area contributed by atoms with E-state index >= 15 is 0 Å². The molecule has 4 nitrogen and oxygen atoms in total. The highest BCUT2D eigenvalue weighted by atomic mass is 16.3. The first-order valence-electron chi connectivity index (χ1n) is 33.3. The first-order chi connectivity index (χ1) is 40.5. The standard InChI is InChI=1S/C72H80BN3O/c1-44-30-31-68(6,7)54-43-63-52(41-51(44)54)65-66(77-63)73-58-29-26-46(67(3,4)5)37-60(58)76(59-42-57-55(36-45(59)2)70(10,11)34-35-72(57,14)15)62-40-50(74(47-22-18-16-19-23-47)48-24-20-17-21-25-48)39-61(64(62)73)75(65)49-27-28-53-56(38-49)71(12,13)33-32-69(53,8)9/h16-29,36-44H,30-35H2,1-15H3/i16D,17D,18D,19D,20D,21D,22D,23D,24D,25D. The second-order valence-electron chi connectivity index (χ2n) is 27.8. The Hall–Kier alpha value is -6.46. The summed E-state index contributed by atoms with van der Waals surface area (Å²) in [5.41, 5.74) is 16.8. The molecular formula is C72H80BN3O. The molecule has 8 aromatic rings. The average molecular weight is 1020 g/mol. The molecule has 0 amide bonds. The number of benzene rings is 7. The minimum atomic E-state index is -0.625. The first kappa shape index (κ1) is 39.8. The summed E-state index contributed by atoms with van der Waals surface area (Å²) in [5, 5.41) is 0.946. The molecule has 2 aliphatic heterocycles. The molecule has 1 aromatic heterocycles. The lowest BCUT2D eigenvalue weighted by atomic mass is 9.35. The number of rotatable bonds is 5. The van der Waals surface area contributed by atoms with Crippen molar-refractivity contribution in [3.05, 3.63) is 178 Å². The van der Waals surface area contributed by atoms with Crippen molar-refractivity contribution in [2.24, 2.45) is 0 Å². The minimum absolute atomic E-state index is 0.102. The predicted molar refractivity (Wildman–Crippen MR) is 330 cm³/mol. The number of hydrogen-bond acceptors (Lipinski definition) is 4. The molecular weight excluding hydrogens is 934 g/mol. The summed E-state index contributed by atoms with van der Waals surface area (Å²) in [5.74, 6) is 0.273. The Morgan fingerprint density at radius 2 is 1.12 bits per heavy atom. The summed E-state index contributed by atoms with van der Waals surface area (Å²) in [6.07, 6.45) is 6.08. The van der Waals surface area contributed by atoms with E-state index in [1.807, 2.05) is 12.1 Å². The largest absolute Gasteiger partial charge is 0.468 e. The topological polar surface area (TPSA) is 22.9 Å². The highest BCUT2D eigenvalue weighted by molar-refractivity contribution is 7.00. The molecule has 7 aromatic carbocycles. The molecule has 5 aliphatic rings. The number of anilines is 9. The van der Waals surface area contributed by atoms with Gasteiger partial charge < -0.3 is 19.1 Å². The van der Waals surface area contributed by atoms with Crippen LogP contribution in [0.5, 0.6) is 0 Å². The van der Waals surface area contributed by atoms with E-state index in [-0.39, 0.29) is 55.5 Å². The highest BCUT2D eigenvalue weighted by Crippen LogP contribution is 2.56. The van der Waals surface area contributed by atoms with Crippen molar-refractivity contribution >= 4 is 85.5 Å². The third kappa shape index (κ3) is 7.66. The number of para-hydroxylation sites is 2. The molecule has 0 spiro atoms. The van der Waals surface area contributed by atoms with Crippen LogP contribution in [0, 0.1) is 6.92 Å². The van der Waals surface area contributed by atoms with Crippen LogP contribution in [0.3, 0.4) is 0 Å². The van der Waals surface area contributed by atoms with Crippen LogP contribution < -0.4 is 31.3 Å². The lowest BCUT2D eigenvalue weighted by Gasteiger charge is -2.46. The van der Waals surface area contributed by atoms with Crippen molar-refractivity contribution in [1.82, 2.24) is 0 Å². The van der Waals surface area contributed by atoms with Gasteiger partial charge in [0.2, 0.25) is 0 Å². The Bertz CT molecular complexity index is 4210. The van der Waals surface area contributed by atoms with Gasteiger partial charge in [-0.3, -0.25) is 0 Å². The summed E-state index contributed by atoms with van der Waals surface area (Å²) in [6.45, 7) is 34.0. The van der Waals surface area contributed by atoms with E-state index in [4.69, 9.17) is 7.16 Å². The van der Waals surface area contributed by atoms with Gasteiger partial charge in [-0.15, -0.1) is 0 Å². The molecule has 0 N–H and O–H groups in total. The Balaban J connectivity index is 1.26. The van der Waals surface area contributed by atoms with E-state index in [9.17, 15) is 11.0 Å². The molecule has 0 radical (unpaired) electrons.